The van der Waals surface area contributed by atoms with E-state index >= 15 is 0 Å². The largest absolute Gasteiger partial charge is 0.356 e. The lowest BCUT2D eigenvalue weighted by Gasteiger charge is -2.37. The predicted octanol–water partition coefficient (Wildman–Crippen LogP) is 3.45. The Balaban J connectivity index is 1.47. The van der Waals surface area contributed by atoms with E-state index in [1.54, 1.807) is 11.3 Å². The van der Waals surface area contributed by atoms with Crippen LogP contribution in [0.2, 0.25) is 0 Å². The molecule has 1 aromatic heterocycles. The summed E-state index contributed by atoms with van der Waals surface area (Å²) in [5, 5.41) is 5.12. The molecule has 142 valence electrons. The van der Waals surface area contributed by atoms with Crippen LogP contribution in [0.4, 0.5) is 0 Å². The Morgan fingerprint density at radius 3 is 2.59 bits per heavy atom. The van der Waals surface area contributed by atoms with Gasteiger partial charge in [0, 0.05) is 30.4 Å². The van der Waals surface area contributed by atoms with E-state index in [9.17, 15) is 9.59 Å². The smallest absolute Gasteiger partial charge is 0.227 e. The van der Waals surface area contributed by atoms with Crippen molar-refractivity contribution in [2.45, 2.75) is 31.6 Å². The van der Waals surface area contributed by atoms with Gasteiger partial charge < -0.3 is 10.2 Å². The molecule has 27 heavy (non-hydrogen) atoms. The van der Waals surface area contributed by atoms with E-state index in [0.29, 0.717) is 25.4 Å². The van der Waals surface area contributed by atoms with Crippen molar-refractivity contribution in [3.63, 3.8) is 0 Å². The summed E-state index contributed by atoms with van der Waals surface area (Å²) in [6.07, 6.45) is 3.69. The molecule has 1 saturated carbocycles. The quantitative estimate of drug-likeness (QED) is 0.832. The van der Waals surface area contributed by atoms with Gasteiger partial charge in [0.2, 0.25) is 11.8 Å². The van der Waals surface area contributed by atoms with Gasteiger partial charge in [-0.25, -0.2) is 0 Å². The van der Waals surface area contributed by atoms with Gasteiger partial charge in [0.05, 0.1) is 12.3 Å². The molecule has 4 nitrogen and oxygen atoms in total. The highest BCUT2D eigenvalue weighted by molar-refractivity contribution is 7.10. The fourth-order valence-corrected chi connectivity index (χ4v) is 4.54. The second-order valence-electron chi connectivity index (χ2n) is 7.78. The van der Waals surface area contributed by atoms with Crippen LogP contribution < -0.4 is 5.32 Å². The molecule has 2 fully saturated rings. The molecule has 2 unspecified atom stereocenters. The number of thiophene rings is 1. The van der Waals surface area contributed by atoms with Crippen LogP contribution in [0.25, 0.3) is 0 Å². The topological polar surface area (TPSA) is 49.4 Å². The number of likely N-dealkylation sites (tertiary alicyclic amines) is 1. The van der Waals surface area contributed by atoms with E-state index in [0.717, 1.165) is 17.8 Å². The molecule has 4 rings (SSSR count). The van der Waals surface area contributed by atoms with Crippen LogP contribution in [-0.4, -0.2) is 36.3 Å². The van der Waals surface area contributed by atoms with E-state index in [1.165, 1.54) is 18.4 Å². The lowest BCUT2D eigenvalue weighted by Crippen LogP contribution is -2.48. The van der Waals surface area contributed by atoms with Crippen LogP contribution in [0.5, 0.6) is 0 Å². The van der Waals surface area contributed by atoms with Gasteiger partial charge in [-0.2, -0.15) is 0 Å². The number of nitrogens with one attached hydrogen (secondary N) is 1. The third kappa shape index (κ3) is 4.78. The van der Waals surface area contributed by atoms with Gasteiger partial charge >= 0.3 is 0 Å². The van der Waals surface area contributed by atoms with Gasteiger partial charge in [0.25, 0.3) is 0 Å². The fourth-order valence-electron chi connectivity index (χ4n) is 3.84. The van der Waals surface area contributed by atoms with Crippen molar-refractivity contribution < 1.29 is 9.59 Å². The molecule has 1 N–H and O–H groups in total. The minimum absolute atomic E-state index is 0.108. The summed E-state index contributed by atoms with van der Waals surface area (Å²) >= 11 is 1.61. The van der Waals surface area contributed by atoms with Gasteiger partial charge in [0.15, 0.2) is 0 Å². The Morgan fingerprint density at radius 1 is 1.07 bits per heavy atom. The molecule has 2 aromatic rings. The zero-order chi connectivity index (χ0) is 18.6. The number of hydrogen-bond acceptors (Lipinski definition) is 3. The zero-order valence-corrected chi connectivity index (χ0v) is 16.3. The van der Waals surface area contributed by atoms with Gasteiger partial charge in [-0.05, 0) is 42.2 Å². The molecule has 1 aromatic carbocycles. The zero-order valence-electron chi connectivity index (χ0n) is 15.5. The SMILES string of the molecule is O=C(NCC1CC1)C1CC(c2ccccc2)CN(C(=O)Cc2cccs2)C1. The van der Waals surface area contributed by atoms with E-state index < -0.39 is 0 Å². The molecule has 5 heteroatoms. The lowest BCUT2D eigenvalue weighted by molar-refractivity contribution is -0.135. The number of nitrogens with zero attached hydrogens (tertiary/aromatic N) is 1. The Labute approximate surface area is 164 Å². The second kappa shape index (κ2) is 8.26. The summed E-state index contributed by atoms with van der Waals surface area (Å²) < 4.78 is 0. The predicted molar refractivity (Wildman–Crippen MR) is 108 cm³/mol. The van der Waals surface area contributed by atoms with Crippen molar-refractivity contribution in [2.75, 3.05) is 19.6 Å². The lowest BCUT2D eigenvalue weighted by atomic mass is 9.84. The number of piperidine rings is 1. The van der Waals surface area contributed by atoms with E-state index in [1.807, 2.05) is 40.6 Å². The summed E-state index contributed by atoms with van der Waals surface area (Å²) in [6.45, 7) is 2.01. The average Bonchev–Trinajstić information content (AvgIpc) is 3.41. The molecule has 0 spiro atoms. The monoisotopic (exact) mass is 382 g/mol. The van der Waals surface area contributed by atoms with Crippen LogP contribution >= 0.6 is 11.3 Å². The van der Waals surface area contributed by atoms with Crippen LogP contribution in [0.1, 0.15) is 35.6 Å². The van der Waals surface area contributed by atoms with Crippen LogP contribution in [-0.2, 0) is 16.0 Å². The maximum absolute atomic E-state index is 12.9. The average molecular weight is 383 g/mol. The third-order valence-electron chi connectivity index (χ3n) is 5.61. The summed E-state index contributed by atoms with van der Waals surface area (Å²) in [5.41, 5.74) is 1.21. The number of amides is 2. The normalized spacial score (nSPS) is 22.4. The first-order valence-corrected chi connectivity index (χ1v) is 10.7. The minimum atomic E-state index is -0.130. The molecule has 1 aliphatic carbocycles. The fraction of sp³-hybridized carbons (Fsp3) is 0.455. The van der Waals surface area contributed by atoms with Crippen LogP contribution in [0, 0.1) is 11.8 Å². The second-order valence-corrected chi connectivity index (χ2v) is 8.82. The molecule has 2 amide bonds. The number of carbonyl (C=O) groups is 2. The van der Waals surface area contributed by atoms with Gasteiger partial charge in [-0.15, -0.1) is 11.3 Å². The van der Waals surface area contributed by atoms with Gasteiger partial charge in [-0.3, -0.25) is 9.59 Å². The highest BCUT2D eigenvalue weighted by Crippen LogP contribution is 2.32. The van der Waals surface area contributed by atoms with Crippen molar-refractivity contribution in [1.82, 2.24) is 10.2 Å². The van der Waals surface area contributed by atoms with Crippen molar-refractivity contribution in [3.05, 3.63) is 58.3 Å². The first kappa shape index (κ1) is 18.2. The molecule has 0 radical (unpaired) electrons. The molecular formula is C22H26N2O2S. The maximum atomic E-state index is 12.9. The van der Waals surface area contributed by atoms with Crippen LogP contribution in [0.15, 0.2) is 47.8 Å². The third-order valence-corrected chi connectivity index (χ3v) is 6.49. The highest BCUT2D eigenvalue weighted by atomic mass is 32.1. The van der Waals surface area contributed by atoms with Crippen LogP contribution in [0.3, 0.4) is 0 Å². The number of hydrogen-bond donors (Lipinski definition) is 1. The van der Waals surface area contributed by atoms with Crippen molar-refractivity contribution in [2.24, 2.45) is 11.8 Å². The summed E-state index contributed by atoms with van der Waals surface area (Å²) in [5.74, 6) is 0.979. The van der Waals surface area contributed by atoms with Crippen molar-refractivity contribution in [3.8, 4) is 0 Å². The number of benzene rings is 1. The maximum Gasteiger partial charge on any atom is 0.227 e. The van der Waals surface area contributed by atoms with Gasteiger partial charge in [-0.1, -0.05) is 36.4 Å². The summed E-state index contributed by atoms with van der Waals surface area (Å²) in [4.78, 5) is 28.6. The molecule has 1 saturated heterocycles. The molecule has 0 bridgehead atoms. The van der Waals surface area contributed by atoms with E-state index in [2.05, 4.69) is 17.4 Å². The molecule has 2 atom stereocenters. The summed E-state index contributed by atoms with van der Waals surface area (Å²) in [7, 11) is 0. The molecule has 2 aliphatic rings. The minimum Gasteiger partial charge on any atom is -0.356 e. The number of carbonyl (C=O) groups excluding carboxylic acids is 2. The molecule has 2 heterocycles. The summed E-state index contributed by atoms with van der Waals surface area (Å²) in [6, 6.07) is 14.3. The first-order chi connectivity index (χ1) is 13.2. The Bertz CT molecular complexity index is 771. The van der Waals surface area contributed by atoms with Gasteiger partial charge in [0.1, 0.15) is 0 Å². The Hall–Kier alpha value is -2.14. The molecular weight excluding hydrogens is 356 g/mol. The number of rotatable bonds is 6. The Morgan fingerprint density at radius 2 is 1.89 bits per heavy atom. The first-order valence-electron chi connectivity index (χ1n) is 9.82. The van der Waals surface area contributed by atoms with Crippen molar-refractivity contribution >= 4 is 23.2 Å². The standard InChI is InChI=1S/C22H26N2O2S/c25-21(12-20-7-4-10-27-20)24-14-18(17-5-2-1-3-6-17)11-19(15-24)22(26)23-13-16-8-9-16/h1-7,10,16,18-19H,8-9,11-15H2,(H,23,26). The van der Waals surface area contributed by atoms with E-state index in [-0.39, 0.29) is 23.7 Å². The highest BCUT2D eigenvalue weighted by Gasteiger charge is 2.35. The molecule has 1 aliphatic heterocycles. The Kier molecular flexibility index (Phi) is 5.58. The van der Waals surface area contributed by atoms with E-state index in [4.69, 9.17) is 0 Å². The van der Waals surface area contributed by atoms with Crippen molar-refractivity contribution in [1.29, 1.82) is 0 Å².